The van der Waals surface area contributed by atoms with Crippen LogP contribution in [-0.2, 0) is 11.3 Å². The summed E-state index contributed by atoms with van der Waals surface area (Å²) >= 11 is 0. The number of nitrogens with one attached hydrogen (secondary N) is 1. The number of nitrogens with zero attached hydrogens (tertiary/aromatic N) is 1. The van der Waals surface area contributed by atoms with Gasteiger partial charge in [0.2, 0.25) is 0 Å². The summed E-state index contributed by atoms with van der Waals surface area (Å²) < 4.78 is 5.12. The standard InChI is InChI=1S/C14H15N3O3/c1-20-8-9-4-2-3-5-12(9)17-13-11(15)6-10(7-16-13)14(18)19/h2-7H,8,15H2,1H3,(H,16,17)(H,18,19). The van der Waals surface area contributed by atoms with E-state index in [2.05, 4.69) is 10.3 Å². The largest absolute Gasteiger partial charge is 0.478 e. The highest BCUT2D eigenvalue weighted by molar-refractivity contribution is 5.89. The molecule has 20 heavy (non-hydrogen) atoms. The molecule has 1 aromatic carbocycles. The molecule has 0 amide bonds. The quantitative estimate of drug-likeness (QED) is 0.773. The molecule has 1 aromatic heterocycles. The van der Waals surface area contributed by atoms with Crippen molar-refractivity contribution >= 4 is 23.2 Å². The molecule has 0 unspecified atom stereocenters. The molecule has 6 nitrogen and oxygen atoms in total. The zero-order chi connectivity index (χ0) is 14.5. The van der Waals surface area contributed by atoms with E-state index in [1.807, 2.05) is 24.3 Å². The average molecular weight is 273 g/mol. The van der Waals surface area contributed by atoms with Gasteiger partial charge in [-0.1, -0.05) is 18.2 Å². The number of para-hydroxylation sites is 1. The molecule has 2 rings (SSSR count). The van der Waals surface area contributed by atoms with Gasteiger partial charge < -0.3 is 20.9 Å². The van der Waals surface area contributed by atoms with E-state index in [1.54, 1.807) is 7.11 Å². The van der Waals surface area contributed by atoms with Gasteiger partial charge in [-0.25, -0.2) is 9.78 Å². The molecule has 0 aliphatic carbocycles. The number of hydrogen-bond donors (Lipinski definition) is 3. The number of hydrogen-bond acceptors (Lipinski definition) is 5. The first-order valence-corrected chi connectivity index (χ1v) is 5.94. The summed E-state index contributed by atoms with van der Waals surface area (Å²) in [7, 11) is 1.62. The molecule has 104 valence electrons. The SMILES string of the molecule is COCc1ccccc1Nc1ncc(C(=O)O)cc1N. The van der Waals surface area contributed by atoms with Crippen molar-refractivity contribution in [3.05, 3.63) is 47.7 Å². The van der Waals surface area contributed by atoms with Gasteiger partial charge in [0.25, 0.3) is 0 Å². The second kappa shape index (κ2) is 6.03. The highest BCUT2D eigenvalue weighted by Crippen LogP contribution is 2.24. The lowest BCUT2D eigenvalue weighted by Crippen LogP contribution is -2.05. The van der Waals surface area contributed by atoms with Crippen LogP contribution in [0.15, 0.2) is 36.5 Å². The average Bonchev–Trinajstić information content (AvgIpc) is 2.43. The number of pyridine rings is 1. The van der Waals surface area contributed by atoms with E-state index in [0.717, 1.165) is 11.3 Å². The lowest BCUT2D eigenvalue weighted by molar-refractivity contribution is 0.0696. The topological polar surface area (TPSA) is 97.5 Å². The van der Waals surface area contributed by atoms with E-state index < -0.39 is 5.97 Å². The fraction of sp³-hybridized carbons (Fsp3) is 0.143. The molecule has 0 aliphatic heterocycles. The first-order valence-electron chi connectivity index (χ1n) is 5.94. The molecule has 1 heterocycles. The Morgan fingerprint density at radius 2 is 2.20 bits per heavy atom. The monoisotopic (exact) mass is 273 g/mol. The van der Waals surface area contributed by atoms with Gasteiger partial charge in [-0.2, -0.15) is 0 Å². The second-order valence-corrected chi connectivity index (χ2v) is 4.18. The summed E-state index contributed by atoms with van der Waals surface area (Å²) in [5.74, 6) is -0.644. The molecule has 6 heteroatoms. The summed E-state index contributed by atoms with van der Waals surface area (Å²) in [5.41, 5.74) is 7.91. The van der Waals surface area contributed by atoms with Crippen LogP contribution in [0.4, 0.5) is 17.2 Å². The Bertz CT molecular complexity index is 629. The molecule has 0 atom stereocenters. The Kier molecular flexibility index (Phi) is 4.17. The maximum Gasteiger partial charge on any atom is 0.337 e. The Balaban J connectivity index is 2.28. The van der Waals surface area contributed by atoms with E-state index in [9.17, 15) is 4.79 Å². The lowest BCUT2D eigenvalue weighted by atomic mass is 10.2. The normalized spacial score (nSPS) is 10.2. The van der Waals surface area contributed by atoms with Crippen LogP contribution in [0, 0.1) is 0 Å². The van der Waals surface area contributed by atoms with Crippen LogP contribution < -0.4 is 11.1 Å². The minimum atomic E-state index is -1.06. The van der Waals surface area contributed by atoms with Gasteiger partial charge in [0.1, 0.15) is 0 Å². The first-order chi connectivity index (χ1) is 9.61. The maximum atomic E-state index is 10.8. The predicted molar refractivity (Wildman–Crippen MR) is 76.0 cm³/mol. The highest BCUT2D eigenvalue weighted by atomic mass is 16.5. The molecule has 0 aliphatic rings. The van der Waals surface area contributed by atoms with Crippen molar-refractivity contribution in [3.8, 4) is 0 Å². The Morgan fingerprint density at radius 1 is 1.45 bits per heavy atom. The number of ether oxygens (including phenoxy) is 1. The predicted octanol–water partition coefficient (Wildman–Crippen LogP) is 2.25. The number of carboxylic acid groups (broad SMARTS) is 1. The van der Waals surface area contributed by atoms with Gasteiger partial charge in [-0.3, -0.25) is 0 Å². The molecular formula is C14H15N3O3. The van der Waals surface area contributed by atoms with Crippen molar-refractivity contribution in [1.29, 1.82) is 0 Å². The fourth-order valence-corrected chi connectivity index (χ4v) is 1.75. The van der Waals surface area contributed by atoms with Gasteiger partial charge in [0.15, 0.2) is 5.82 Å². The van der Waals surface area contributed by atoms with Crippen molar-refractivity contribution in [1.82, 2.24) is 4.98 Å². The number of aromatic nitrogens is 1. The van der Waals surface area contributed by atoms with Crippen molar-refractivity contribution in [3.63, 3.8) is 0 Å². The molecule has 0 fully saturated rings. The van der Waals surface area contributed by atoms with E-state index in [1.165, 1.54) is 12.3 Å². The van der Waals surface area contributed by atoms with Gasteiger partial charge in [0, 0.05) is 24.6 Å². The minimum Gasteiger partial charge on any atom is -0.478 e. The number of aromatic carboxylic acids is 1. The van der Waals surface area contributed by atoms with Crippen molar-refractivity contribution < 1.29 is 14.6 Å². The molecule has 4 N–H and O–H groups in total. The molecular weight excluding hydrogens is 258 g/mol. The lowest BCUT2D eigenvalue weighted by Gasteiger charge is -2.12. The number of nitrogens with two attached hydrogens (primary N) is 1. The zero-order valence-electron chi connectivity index (χ0n) is 11.0. The first kappa shape index (κ1) is 13.8. The van der Waals surface area contributed by atoms with Gasteiger partial charge in [-0.05, 0) is 12.1 Å². The van der Waals surface area contributed by atoms with Gasteiger partial charge in [-0.15, -0.1) is 0 Å². The molecule has 0 bridgehead atoms. The Hall–Kier alpha value is -2.60. The van der Waals surface area contributed by atoms with Crippen LogP contribution in [0.3, 0.4) is 0 Å². The van der Waals surface area contributed by atoms with Crippen molar-refractivity contribution in [2.75, 3.05) is 18.2 Å². The smallest absolute Gasteiger partial charge is 0.337 e. The Labute approximate surface area is 116 Å². The third-order valence-corrected chi connectivity index (χ3v) is 2.73. The zero-order valence-corrected chi connectivity index (χ0v) is 11.0. The van der Waals surface area contributed by atoms with E-state index >= 15 is 0 Å². The number of carboxylic acids is 1. The Morgan fingerprint density at radius 3 is 2.85 bits per heavy atom. The fourth-order valence-electron chi connectivity index (χ4n) is 1.75. The second-order valence-electron chi connectivity index (χ2n) is 4.18. The minimum absolute atomic E-state index is 0.0539. The summed E-state index contributed by atoms with van der Waals surface area (Å²) in [6, 6.07) is 8.96. The van der Waals surface area contributed by atoms with E-state index in [0.29, 0.717) is 12.4 Å². The van der Waals surface area contributed by atoms with Gasteiger partial charge in [0.05, 0.1) is 17.9 Å². The number of anilines is 3. The third-order valence-electron chi connectivity index (χ3n) is 2.73. The van der Waals surface area contributed by atoms with Crippen LogP contribution in [0.5, 0.6) is 0 Å². The molecule has 0 saturated carbocycles. The summed E-state index contributed by atoms with van der Waals surface area (Å²) in [6.07, 6.45) is 1.26. The van der Waals surface area contributed by atoms with Crippen LogP contribution in [0.25, 0.3) is 0 Å². The van der Waals surface area contributed by atoms with Gasteiger partial charge >= 0.3 is 5.97 Å². The van der Waals surface area contributed by atoms with Crippen LogP contribution >= 0.6 is 0 Å². The number of nitrogen functional groups attached to an aromatic ring is 1. The van der Waals surface area contributed by atoms with Crippen LogP contribution in [0.1, 0.15) is 15.9 Å². The van der Waals surface area contributed by atoms with E-state index in [-0.39, 0.29) is 11.3 Å². The summed E-state index contributed by atoms with van der Waals surface area (Å²) in [4.78, 5) is 14.9. The number of carbonyl (C=O) groups is 1. The molecule has 0 saturated heterocycles. The van der Waals surface area contributed by atoms with E-state index in [4.69, 9.17) is 15.6 Å². The highest BCUT2D eigenvalue weighted by Gasteiger charge is 2.09. The molecule has 0 radical (unpaired) electrons. The third kappa shape index (κ3) is 3.04. The van der Waals surface area contributed by atoms with Crippen LogP contribution in [-0.4, -0.2) is 23.2 Å². The molecule has 0 spiro atoms. The number of benzene rings is 1. The maximum absolute atomic E-state index is 10.8. The number of rotatable bonds is 5. The van der Waals surface area contributed by atoms with Crippen molar-refractivity contribution in [2.45, 2.75) is 6.61 Å². The molecule has 2 aromatic rings. The number of methoxy groups -OCH3 is 1. The summed E-state index contributed by atoms with van der Waals surface area (Å²) in [6.45, 7) is 0.455. The van der Waals surface area contributed by atoms with Crippen LogP contribution in [0.2, 0.25) is 0 Å². The summed E-state index contributed by atoms with van der Waals surface area (Å²) in [5, 5.41) is 12.0. The van der Waals surface area contributed by atoms with Crippen molar-refractivity contribution in [2.24, 2.45) is 0 Å².